The number of sulfonamides is 1. The summed E-state index contributed by atoms with van der Waals surface area (Å²) < 4.78 is 37.3. The summed E-state index contributed by atoms with van der Waals surface area (Å²) in [7, 11) is -3.98. The zero-order chi connectivity index (χ0) is 13.6. The predicted octanol–water partition coefficient (Wildman–Crippen LogP) is 3.45. The van der Waals surface area contributed by atoms with Crippen LogP contribution in [0.25, 0.3) is 0 Å². The first-order chi connectivity index (χ1) is 8.48. The Kier molecular flexibility index (Phi) is 5.75. The Morgan fingerprint density at radius 3 is 2.28 bits per heavy atom. The highest BCUT2D eigenvalue weighted by molar-refractivity contribution is 7.89. The number of nitrogens with zero attached hydrogens (tertiary/aromatic N) is 1. The molecule has 0 aliphatic carbocycles. The summed E-state index contributed by atoms with van der Waals surface area (Å²) in [6, 6.07) is 6.20. The second-order valence-corrected chi connectivity index (χ2v) is 6.21. The maximum absolute atomic E-state index is 13.6. The Morgan fingerprint density at radius 2 is 1.72 bits per heavy atom. The van der Waals surface area contributed by atoms with Crippen molar-refractivity contribution in [2.24, 2.45) is 0 Å². The molecule has 1 aromatic rings. The Morgan fingerprint density at radius 1 is 1.11 bits per heavy atom. The van der Waals surface area contributed by atoms with Crippen molar-refractivity contribution in [1.82, 2.24) is 4.53 Å². The standard InChI is InChI=1S/C13H20FNO2S/c1-3-4-5-6-11-15(14)18(16,17)13-9-7-12(2)8-10-13/h7-10H,3-6,11H2,1-2H3. The summed E-state index contributed by atoms with van der Waals surface area (Å²) in [6.07, 6.45) is 3.44. The van der Waals surface area contributed by atoms with E-state index in [-0.39, 0.29) is 16.0 Å². The lowest BCUT2D eigenvalue weighted by molar-refractivity contribution is 0.136. The minimum Gasteiger partial charge on any atom is -0.205 e. The van der Waals surface area contributed by atoms with Crippen molar-refractivity contribution in [1.29, 1.82) is 0 Å². The first kappa shape index (κ1) is 15.1. The number of unbranched alkanes of at least 4 members (excludes halogenated alkanes) is 3. The molecule has 0 bridgehead atoms. The van der Waals surface area contributed by atoms with Crippen LogP contribution in [0.4, 0.5) is 4.48 Å². The van der Waals surface area contributed by atoms with Gasteiger partial charge in [-0.2, -0.15) is 0 Å². The summed E-state index contributed by atoms with van der Waals surface area (Å²) in [5.74, 6) is 0. The molecule has 0 aromatic heterocycles. The van der Waals surface area contributed by atoms with Crippen LogP contribution in [-0.2, 0) is 10.0 Å². The third kappa shape index (κ3) is 4.07. The summed E-state index contributed by atoms with van der Waals surface area (Å²) in [6.45, 7) is 3.83. The van der Waals surface area contributed by atoms with Crippen molar-refractivity contribution in [3.05, 3.63) is 29.8 Å². The molecule has 3 nitrogen and oxygen atoms in total. The SMILES string of the molecule is CCCCCCN(F)S(=O)(=O)c1ccc(C)cc1. The minimum atomic E-state index is -3.98. The van der Waals surface area contributed by atoms with E-state index < -0.39 is 10.0 Å². The predicted molar refractivity (Wildman–Crippen MR) is 70.3 cm³/mol. The Bertz CT molecular complexity index is 456. The maximum atomic E-state index is 13.6. The van der Waals surface area contributed by atoms with E-state index in [0.29, 0.717) is 6.42 Å². The van der Waals surface area contributed by atoms with Gasteiger partial charge in [0.15, 0.2) is 0 Å². The summed E-state index contributed by atoms with van der Waals surface area (Å²) in [5.41, 5.74) is 0.947. The smallest absolute Gasteiger partial charge is 0.205 e. The minimum absolute atomic E-state index is 0.00564. The van der Waals surface area contributed by atoms with E-state index in [4.69, 9.17) is 0 Å². The van der Waals surface area contributed by atoms with Crippen LogP contribution >= 0.6 is 0 Å². The number of halogens is 1. The quantitative estimate of drug-likeness (QED) is 0.563. The van der Waals surface area contributed by atoms with Crippen LogP contribution in [0.5, 0.6) is 0 Å². The topological polar surface area (TPSA) is 37.4 Å². The van der Waals surface area contributed by atoms with Crippen molar-refractivity contribution in [3.63, 3.8) is 0 Å². The lowest BCUT2D eigenvalue weighted by Crippen LogP contribution is -2.24. The monoisotopic (exact) mass is 273 g/mol. The van der Waals surface area contributed by atoms with Gasteiger partial charge in [-0.3, -0.25) is 0 Å². The Balaban J connectivity index is 2.65. The molecule has 0 heterocycles. The van der Waals surface area contributed by atoms with Gasteiger partial charge in [-0.05, 0) is 30.0 Å². The molecule has 0 amide bonds. The largest absolute Gasteiger partial charge is 0.269 e. The average Bonchev–Trinajstić information content (AvgIpc) is 2.35. The van der Waals surface area contributed by atoms with E-state index in [0.717, 1.165) is 24.8 Å². The molecule has 102 valence electrons. The number of benzene rings is 1. The molecule has 0 aliphatic rings. The van der Waals surface area contributed by atoms with Crippen LogP contribution in [-0.4, -0.2) is 19.5 Å². The van der Waals surface area contributed by atoms with E-state index in [2.05, 4.69) is 6.92 Å². The van der Waals surface area contributed by atoms with Crippen LogP contribution in [0.15, 0.2) is 29.2 Å². The number of aryl methyl sites for hydroxylation is 1. The second kappa shape index (κ2) is 6.85. The molecule has 1 aromatic carbocycles. The van der Waals surface area contributed by atoms with Gasteiger partial charge in [-0.15, -0.1) is 4.48 Å². The van der Waals surface area contributed by atoms with Gasteiger partial charge in [-0.1, -0.05) is 43.9 Å². The van der Waals surface area contributed by atoms with Gasteiger partial charge in [0.1, 0.15) is 0 Å². The first-order valence-electron chi connectivity index (χ1n) is 6.23. The fourth-order valence-corrected chi connectivity index (χ4v) is 2.69. The van der Waals surface area contributed by atoms with E-state index in [1.54, 1.807) is 12.1 Å². The number of hydrogen-bond donors (Lipinski definition) is 0. The third-order valence-electron chi connectivity index (χ3n) is 2.77. The van der Waals surface area contributed by atoms with Crippen LogP contribution in [0.2, 0.25) is 0 Å². The van der Waals surface area contributed by atoms with Crippen molar-refractivity contribution >= 4 is 10.0 Å². The van der Waals surface area contributed by atoms with Gasteiger partial charge < -0.3 is 0 Å². The second-order valence-electron chi connectivity index (χ2n) is 4.39. The van der Waals surface area contributed by atoms with Crippen LogP contribution in [0.1, 0.15) is 38.2 Å². The van der Waals surface area contributed by atoms with Gasteiger partial charge in [0.05, 0.1) is 4.90 Å². The van der Waals surface area contributed by atoms with E-state index in [1.165, 1.54) is 12.1 Å². The van der Waals surface area contributed by atoms with Gasteiger partial charge in [0.25, 0.3) is 10.0 Å². The lowest BCUT2D eigenvalue weighted by Gasteiger charge is -2.12. The molecular weight excluding hydrogens is 253 g/mol. The average molecular weight is 273 g/mol. The van der Waals surface area contributed by atoms with Gasteiger partial charge in [0, 0.05) is 6.54 Å². The zero-order valence-corrected chi connectivity index (χ0v) is 11.7. The number of rotatable bonds is 7. The summed E-state index contributed by atoms with van der Waals surface area (Å²) in [4.78, 5) is 0.00564. The van der Waals surface area contributed by atoms with Crippen molar-refractivity contribution < 1.29 is 12.9 Å². The summed E-state index contributed by atoms with van der Waals surface area (Å²) in [5, 5.41) is 0. The molecule has 0 saturated heterocycles. The molecule has 0 N–H and O–H groups in total. The Hall–Kier alpha value is -0.940. The third-order valence-corrected chi connectivity index (χ3v) is 4.34. The van der Waals surface area contributed by atoms with Crippen LogP contribution < -0.4 is 0 Å². The first-order valence-corrected chi connectivity index (χ1v) is 7.67. The molecule has 0 spiro atoms. The van der Waals surface area contributed by atoms with E-state index in [1.807, 2.05) is 6.92 Å². The number of hydrogen-bond acceptors (Lipinski definition) is 2. The molecule has 0 aliphatic heterocycles. The highest BCUT2D eigenvalue weighted by Crippen LogP contribution is 2.17. The van der Waals surface area contributed by atoms with Crippen molar-refractivity contribution in [3.8, 4) is 0 Å². The normalized spacial score (nSPS) is 12.0. The van der Waals surface area contributed by atoms with Gasteiger partial charge >= 0.3 is 0 Å². The maximum Gasteiger partial charge on any atom is 0.269 e. The van der Waals surface area contributed by atoms with Crippen LogP contribution in [0, 0.1) is 6.92 Å². The molecule has 0 atom stereocenters. The van der Waals surface area contributed by atoms with Crippen molar-refractivity contribution in [2.75, 3.05) is 6.54 Å². The molecule has 0 fully saturated rings. The Labute approximate surface area is 109 Å². The highest BCUT2D eigenvalue weighted by atomic mass is 32.2. The zero-order valence-electron chi connectivity index (χ0n) is 10.9. The fraction of sp³-hybridized carbons (Fsp3) is 0.538. The summed E-state index contributed by atoms with van der Waals surface area (Å²) >= 11 is 0. The van der Waals surface area contributed by atoms with Gasteiger partial charge in [0.2, 0.25) is 0 Å². The van der Waals surface area contributed by atoms with Gasteiger partial charge in [-0.25, -0.2) is 8.42 Å². The fourth-order valence-electron chi connectivity index (χ4n) is 1.61. The van der Waals surface area contributed by atoms with E-state index >= 15 is 0 Å². The highest BCUT2D eigenvalue weighted by Gasteiger charge is 2.23. The lowest BCUT2D eigenvalue weighted by atomic mass is 10.2. The molecule has 0 radical (unpaired) electrons. The van der Waals surface area contributed by atoms with Crippen molar-refractivity contribution in [2.45, 2.75) is 44.4 Å². The molecule has 18 heavy (non-hydrogen) atoms. The molecule has 0 saturated carbocycles. The van der Waals surface area contributed by atoms with Crippen LogP contribution in [0.3, 0.4) is 0 Å². The van der Waals surface area contributed by atoms with E-state index in [9.17, 15) is 12.9 Å². The molecule has 1 rings (SSSR count). The molecule has 5 heteroatoms. The molecular formula is C13H20FNO2S. The molecule has 0 unspecified atom stereocenters.